The summed E-state index contributed by atoms with van der Waals surface area (Å²) in [6.45, 7) is 10.8. The van der Waals surface area contributed by atoms with Crippen LogP contribution in [0.3, 0.4) is 0 Å². The molecule has 1 aromatic carbocycles. The van der Waals surface area contributed by atoms with Crippen molar-refractivity contribution in [2.45, 2.75) is 45.4 Å². The van der Waals surface area contributed by atoms with E-state index in [9.17, 15) is 4.39 Å². The SMILES string of the molecule is CC(C)(C)c1csc(C(C)(C)c2ccc(F)cc2)n1. The first-order chi connectivity index (χ1) is 8.71. The van der Waals surface area contributed by atoms with Crippen molar-refractivity contribution in [1.82, 2.24) is 4.98 Å². The second-order valence-corrected chi connectivity index (χ2v) is 7.28. The first-order valence-electron chi connectivity index (χ1n) is 6.44. The van der Waals surface area contributed by atoms with E-state index < -0.39 is 0 Å². The lowest BCUT2D eigenvalue weighted by Gasteiger charge is -2.23. The van der Waals surface area contributed by atoms with Crippen molar-refractivity contribution in [3.05, 3.63) is 51.7 Å². The normalized spacial score (nSPS) is 12.7. The van der Waals surface area contributed by atoms with Crippen molar-refractivity contribution in [1.29, 1.82) is 0 Å². The molecule has 2 aromatic rings. The Morgan fingerprint density at radius 3 is 2.05 bits per heavy atom. The molecule has 0 saturated heterocycles. The molecule has 1 aromatic heterocycles. The van der Waals surface area contributed by atoms with E-state index in [0.717, 1.165) is 16.3 Å². The summed E-state index contributed by atoms with van der Waals surface area (Å²) in [6.07, 6.45) is 0. The number of aromatic nitrogens is 1. The molecule has 0 bridgehead atoms. The first-order valence-corrected chi connectivity index (χ1v) is 7.32. The maximum atomic E-state index is 13.0. The van der Waals surface area contributed by atoms with Crippen molar-refractivity contribution in [3.63, 3.8) is 0 Å². The van der Waals surface area contributed by atoms with Gasteiger partial charge in [0.15, 0.2) is 0 Å². The second kappa shape index (κ2) is 4.71. The number of nitrogens with zero attached hydrogens (tertiary/aromatic N) is 1. The molecule has 3 heteroatoms. The summed E-state index contributed by atoms with van der Waals surface area (Å²) in [5.74, 6) is -0.200. The van der Waals surface area contributed by atoms with Gasteiger partial charge in [0, 0.05) is 16.2 Å². The van der Waals surface area contributed by atoms with Crippen LogP contribution in [0.1, 0.15) is 50.9 Å². The molecular weight excluding hydrogens is 257 g/mol. The Hall–Kier alpha value is -1.22. The maximum Gasteiger partial charge on any atom is 0.123 e. The van der Waals surface area contributed by atoms with E-state index in [1.54, 1.807) is 11.3 Å². The van der Waals surface area contributed by atoms with Gasteiger partial charge in [0.25, 0.3) is 0 Å². The minimum absolute atomic E-state index is 0.0631. The summed E-state index contributed by atoms with van der Waals surface area (Å²) >= 11 is 1.68. The predicted octanol–water partition coefficient (Wildman–Crippen LogP) is 4.91. The summed E-state index contributed by atoms with van der Waals surface area (Å²) in [6, 6.07) is 6.70. The zero-order chi connectivity index (χ0) is 14.3. The van der Waals surface area contributed by atoms with Crippen LogP contribution in [-0.4, -0.2) is 4.98 Å². The van der Waals surface area contributed by atoms with E-state index in [1.807, 2.05) is 12.1 Å². The minimum Gasteiger partial charge on any atom is -0.245 e. The molecule has 0 N–H and O–H groups in total. The Labute approximate surface area is 118 Å². The van der Waals surface area contributed by atoms with E-state index >= 15 is 0 Å². The Balaban J connectivity index is 2.39. The van der Waals surface area contributed by atoms with Crippen LogP contribution >= 0.6 is 11.3 Å². The molecule has 0 amide bonds. The van der Waals surface area contributed by atoms with Gasteiger partial charge in [0.1, 0.15) is 10.8 Å². The van der Waals surface area contributed by atoms with Crippen molar-refractivity contribution < 1.29 is 4.39 Å². The number of hydrogen-bond acceptors (Lipinski definition) is 2. The lowest BCUT2D eigenvalue weighted by Crippen LogP contribution is -2.20. The monoisotopic (exact) mass is 277 g/mol. The minimum atomic E-state index is -0.200. The van der Waals surface area contributed by atoms with Gasteiger partial charge in [-0.05, 0) is 31.5 Å². The van der Waals surface area contributed by atoms with Gasteiger partial charge in [-0.2, -0.15) is 0 Å². The largest absolute Gasteiger partial charge is 0.245 e. The first kappa shape index (κ1) is 14.2. The molecule has 0 atom stereocenters. The Morgan fingerprint density at radius 1 is 1.00 bits per heavy atom. The summed E-state index contributed by atoms with van der Waals surface area (Å²) in [5, 5.41) is 3.20. The molecule has 1 heterocycles. The third-order valence-electron chi connectivity index (χ3n) is 3.37. The zero-order valence-corrected chi connectivity index (χ0v) is 12.9. The lowest BCUT2D eigenvalue weighted by atomic mass is 9.85. The van der Waals surface area contributed by atoms with Crippen molar-refractivity contribution >= 4 is 11.3 Å². The third-order valence-corrected chi connectivity index (χ3v) is 4.54. The van der Waals surface area contributed by atoms with Crippen LogP contribution in [0, 0.1) is 5.82 Å². The molecular formula is C16H20FNS. The molecule has 0 spiro atoms. The van der Waals surface area contributed by atoms with Crippen LogP contribution < -0.4 is 0 Å². The molecule has 0 radical (unpaired) electrons. The van der Waals surface area contributed by atoms with E-state index in [0.29, 0.717) is 0 Å². The average molecular weight is 277 g/mol. The fourth-order valence-electron chi connectivity index (χ4n) is 1.90. The van der Waals surface area contributed by atoms with Crippen LogP contribution in [0.25, 0.3) is 0 Å². The number of thiazole rings is 1. The Kier molecular flexibility index (Phi) is 3.52. The van der Waals surface area contributed by atoms with Crippen LogP contribution in [-0.2, 0) is 10.8 Å². The highest BCUT2D eigenvalue weighted by molar-refractivity contribution is 7.09. The fraction of sp³-hybridized carbons (Fsp3) is 0.438. The molecule has 0 aliphatic heterocycles. The lowest BCUT2D eigenvalue weighted by molar-refractivity contribution is 0.558. The van der Waals surface area contributed by atoms with Gasteiger partial charge in [-0.25, -0.2) is 9.37 Å². The Bertz CT molecular complexity index is 561. The number of benzene rings is 1. The van der Waals surface area contributed by atoms with Crippen molar-refractivity contribution in [2.24, 2.45) is 0 Å². The van der Waals surface area contributed by atoms with Gasteiger partial charge in [-0.15, -0.1) is 11.3 Å². The van der Waals surface area contributed by atoms with Gasteiger partial charge >= 0.3 is 0 Å². The highest BCUT2D eigenvalue weighted by Gasteiger charge is 2.28. The van der Waals surface area contributed by atoms with E-state index in [1.165, 1.54) is 12.1 Å². The topological polar surface area (TPSA) is 12.9 Å². The Morgan fingerprint density at radius 2 is 1.58 bits per heavy atom. The summed E-state index contributed by atoms with van der Waals surface area (Å²) < 4.78 is 13.0. The molecule has 19 heavy (non-hydrogen) atoms. The highest BCUT2D eigenvalue weighted by atomic mass is 32.1. The standard InChI is InChI=1S/C16H20FNS/c1-15(2,3)13-10-19-14(18-13)16(4,5)11-6-8-12(17)9-7-11/h6-10H,1-5H3. The van der Waals surface area contributed by atoms with Gasteiger partial charge in [-0.1, -0.05) is 32.9 Å². The van der Waals surface area contributed by atoms with E-state index in [4.69, 9.17) is 4.98 Å². The van der Waals surface area contributed by atoms with Crippen LogP contribution in [0.5, 0.6) is 0 Å². The number of hydrogen-bond donors (Lipinski definition) is 0. The zero-order valence-electron chi connectivity index (χ0n) is 12.1. The summed E-state index contributed by atoms with van der Waals surface area (Å²) in [7, 11) is 0. The molecule has 102 valence electrons. The molecule has 2 rings (SSSR count). The van der Waals surface area contributed by atoms with Crippen LogP contribution in [0.2, 0.25) is 0 Å². The smallest absolute Gasteiger partial charge is 0.123 e. The molecule has 0 saturated carbocycles. The molecule has 0 aliphatic rings. The second-order valence-electron chi connectivity index (χ2n) is 6.42. The molecule has 1 nitrogen and oxygen atoms in total. The molecule has 0 aliphatic carbocycles. The van der Waals surface area contributed by atoms with Crippen LogP contribution in [0.4, 0.5) is 4.39 Å². The third kappa shape index (κ3) is 2.86. The molecule has 0 unspecified atom stereocenters. The number of rotatable bonds is 2. The summed E-state index contributed by atoms with van der Waals surface area (Å²) in [4.78, 5) is 4.78. The van der Waals surface area contributed by atoms with Crippen molar-refractivity contribution in [3.8, 4) is 0 Å². The van der Waals surface area contributed by atoms with Gasteiger partial charge < -0.3 is 0 Å². The molecule has 0 fully saturated rings. The van der Waals surface area contributed by atoms with E-state index in [2.05, 4.69) is 40.0 Å². The van der Waals surface area contributed by atoms with Crippen LogP contribution in [0.15, 0.2) is 29.6 Å². The van der Waals surface area contributed by atoms with Gasteiger partial charge in [0.05, 0.1) is 5.69 Å². The van der Waals surface area contributed by atoms with Gasteiger partial charge in [-0.3, -0.25) is 0 Å². The highest BCUT2D eigenvalue weighted by Crippen LogP contribution is 2.35. The quantitative estimate of drug-likeness (QED) is 0.760. The summed E-state index contributed by atoms with van der Waals surface area (Å²) in [5.41, 5.74) is 2.07. The van der Waals surface area contributed by atoms with Gasteiger partial charge in [0.2, 0.25) is 0 Å². The fourth-order valence-corrected chi connectivity index (χ4v) is 3.09. The number of halogens is 1. The van der Waals surface area contributed by atoms with E-state index in [-0.39, 0.29) is 16.6 Å². The predicted molar refractivity (Wildman–Crippen MR) is 79.3 cm³/mol. The maximum absolute atomic E-state index is 13.0. The van der Waals surface area contributed by atoms with Crippen molar-refractivity contribution in [2.75, 3.05) is 0 Å². The average Bonchev–Trinajstić information content (AvgIpc) is 2.79.